The second kappa shape index (κ2) is 28.3. The Balaban J connectivity index is -0.000000195. The smallest absolute Gasteiger partial charge is 0.722 e. The van der Waals surface area contributed by atoms with Gasteiger partial charge in [-0.1, -0.05) is 0 Å². The van der Waals surface area contributed by atoms with Crippen LogP contribution in [0.15, 0.2) is 0 Å². The molecule has 2 aromatic rings. The fourth-order valence-electron chi connectivity index (χ4n) is 1.91. The van der Waals surface area contributed by atoms with Crippen LogP contribution in [-0.4, -0.2) is 87.9 Å². The number of halogens is 14. The summed E-state index contributed by atoms with van der Waals surface area (Å²) < 4.78 is 233. The average Bonchev–Trinajstić information content (AvgIpc) is 2.99. The standard InChI is InChI=1S/C10H6F6O3.C8H5F5O2.C2H3FO2.2FHO3S.2Na/c11-3-4(17)18-1-2-19-10-8(15)6(13)5(12)7(14)9(10)16;9-3-4(10)6(12)8(15-2-1-14)7(13)5(3)11;3-1-2(4)5;2*1-5(2,3)4;;/h1-3H2;14H,1-2H2;1H2,(H,4,5);2*(H,2,3,4);;/q;;;;;2*+1/p-1. The van der Waals surface area contributed by atoms with Gasteiger partial charge in [0.2, 0.25) is 58.2 Å². The number of carboxylic acids is 1. The van der Waals surface area contributed by atoms with Crippen LogP contribution < -0.4 is 68.6 Å². The fourth-order valence-corrected chi connectivity index (χ4v) is 1.91. The Labute approximate surface area is 320 Å². The van der Waals surface area contributed by atoms with Crippen molar-refractivity contribution in [3.05, 3.63) is 58.2 Å². The summed E-state index contributed by atoms with van der Waals surface area (Å²) in [5.74, 6) is -26.8. The Hall–Kier alpha value is -2.22. The van der Waals surface area contributed by atoms with Crippen molar-refractivity contribution in [3.63, 3.8) is 0 Å². The van der Waals surface area contributed by atoms with Crippen LogP contribution in [0.25, 0.3) is 0 Å². The molecule has 13 nitrogen and oxygen atoms in total. The zero-order valence-corrected chi connectivity index (χ0v) is 30.4. The first-order chi connectivity index (χ1) is 22.2. The summed E-state index contributed by atoms with van der Waals surface area (Å²) in [7, 11) is -10.8. The van der Waals surface area contributed by atoms with Crippen molar-refractivity contribution in [2.75, 3.05) is 39.8 Å². The third-order valence-corrected chi connectivity index (χ3v) is 3.50. The second-order valence-corrected chi connectivity index (χ2v) is 8.49. The minimum absolute atomic E-state index is 0. The number of carbonyl (C=O) groups excluding carboxylic acids is 1. The van der Waals surface area contributed by atoms with Crippen LogP contribution in [0.4, 0.5) is 60.5 Å². The Kier molecular flexibility index (Phi) is 32.2. The average molecular weight is 839 g/mol. The predicted molar refractivity (Wildman–Crippen MR) is 124 cm³/mol. The van der Waals surface area contributed by atoms with Crippen LogP contribution in [0.3, 0.4) is 0 Å². The van der Waals surface area contributed by atoms with Crippen molar-refractivity contribution in [2.24, 2.45) is 0 Å². The van der Waals surface area contributed by atoms with Crippen LogP contribution in [0.2, 0.25) is 0 Å². The molecule has 2 aromatic carbocycles. The van der Waals surface area contributed by atoms with Crippen LogP contribution >= 0.6 is 0 Å². The minimum atomic E-state index is -5.42. The molecule has 0 aliphatic carbocycles. The topological polar surface area (TPSA) is 219 Å². The maximum atomic E-state index is 13.0. The first-order valence-electron chi connectivity index (χ1n) is 10.9. The summed E-state index contributed by atoms with van der Waals surface area (Å²) in [4.78, 5) is 19.3. The van der Waals surface area contributed by atoms with E-state index in [4.69, 9.17) is 40.9 Å². The van der Waals surface area contributed by atoms with Crippen molar-refractivity contribution < 1.29 is 180 Å². The third-order valence-electron chi connectivity index (χ3n) is 3.50. The van der Waals surface area contributed by atoms with E-state index in [1.54, 1.807) is 0 Å². The summed E-state index contributed by atoms with van der Waals surface area (Å²) in [5, 5.41) is 14.0. The molecule has 0 saturated heterocycles. The van der Waals surface area contributed by atoms with Crippen LogP contribution in [0.5, 0.6) is 11.5 Å². The molecular weight excluding hydrogens is 824 g/mol. The molecule has 0 aromatic heterocycles. The number of carboxylic acid groups (broad SMARTS) is 1. The van der Waals surface area contributed by atoms with E-state index in [2.05, 4.69) is 14.2 Å². The minimum Gasteiger partial charge on any atom is -0.722 e. The van der Waals surface area contributed by atoms with E-state index in [-0.39, 0.29) is 65.7 Å². The molecular formula is C20H15F14Na2O13S2+. The molecule has 0 fully saturated rings. The maximum Gasteiger partial charge on any atom is 1.00 e. The number of carbonyl (C=O) groups is 2. The third kappa shape index (κ3) is 27.1. The van der Waals surface area contributed by atoms with E-state index in [9.17, 15) is 65.3 Å². The zero-order chi connectivity index (χ0) is 39.4. The van der Waals surface area contributed by atoms with Crippen molar-refractivity contribution >= 4 is 32.9 Å². The summed E-state index contributed by atoms with van der Waals surface area (Å²) in [6.07, 6.45) is 0. The monoisotopic (exact) mass is 839 g/mol. The molecule has 31 heteroatoms. The van der Waals surface area contributed by atoms with Gasteiger partial charge in [-0.15, -0.1) is 7.77 Å². The molecule has 0 atom stereocenters. The van der Waals surface area contributed by atoms with Crippen molar-refractivity contribution in [2.45, 2.75) is 0 Å². The Bertz CT molecular complexity index is 1520. The van der Waals surface area contributed by atoms with Gasteiger partial charge in [0.25, 0.3) is 21.0 Å². The van der Waals surface area contributed by atoms with Gasteiger partial charge in [0.05, 0.1) is 0 Å². The van der Waals surface area contributed by atoms with E-state index in [1.807, 2.05) is 0 Å². The van der Waals surface area contributed by atoms with Gasteiger partial charge in [-0.3, -0.25) is 0 Å². The quantitative estimate of drug-likeness (QED) is 0.0302. The summed E-state index contributed by atoms with van der Waals surface area (Å²) in [6, 6.07) is 0. The molecule has 0 spiro atoms. The molecule has 0 aliphatic rings. The van der Waals surface area contributed by atoms with E-state index in [1.165, 1.54) is 0 Å². The van der Waals surface area contributed by atoms with Crippen LogP contribution in [0.1, 0.15) is 0 Å². The van der Waals surface area contributed by atoms with Crippen molar-refractivity contribution in [3.8, 4) is 11.5 Å². The van der Waals surface area contributed by atoms with Crippen molar-refractivity contribution in [1.82, 2.24) is 0 Å². The molecule has 0 unspecified atom stereocenters. The number of hydrogen-bond acceptors (Lipinski definition) is 11. The first-order valence-corrected chi connectivity index (χ1v) is 13.5. The van der Waals surface area contributed by atoms with Crippen molar-refractivity contribution in [1.29, 1.82) is 0 Å². The van der Waals surface area contributed by atoms with Gasteiger partial charge in [0, 0.05) is 0 Å². The Morgan fingerprint density at radius 1 is 0.569 bits per heavy atom. The molecule has 0 saturated carbocycles. The fraction of sp³-hybridized carbons (Fsp3) is 0.300. The molecule has 0 bridgehead atoms. The van der Waals surface area contributed by atoms with Gasteiger partial charge in [0.15, 0.2) is 38.1 Å². The van der Waals surface area contributed by atoms with Gasteiger partial charge >= 0.3 is 71.1 Å². The van der Waals surface area contributed by atoms with Gasteiger partial charge in [-0.25, -0.2) is 61.5 Å². The van der Waals surface area contributed by atoms with Gasteiger partial charge in [0.1, 0.15) is 13.2 Å². The molecule has 0 heterocycles. The first kappa shape index (κ1) is 58.1. The molecule has 2 rings (SSSR count). The van der Waals surface area contributed by atoms with E-state index in [0.717, 1.165) is 0 Å². The molecule has 284 valence electrons. The zero-order valence-electron chi connectivity index (χ0n) is 24.8. The molecule has 0 aliphatic heterocycles. The normalized spacial score (nSPS) is 9.98. The summed E-state index contributed by atoms with van der Waals surface area (Å²) in [5.41, 5.74) is 0. The number of esters is 1. The Morgan fingerprint density at radius 3 is 1.02 bits per heavy atom. The molecule has 51 heavy (non-hydrogen) atoms. The molecule has 0 radical (unpaired) electrons. The van der Waals surface area contributed by atoms with Gasteiger partial charge in [-0.05, 0) is 0 Å². The van der Waals surface area contributed by atoms with E-state index in [0.29, 0.717) is 0 Å². The van der Waals surface area contributed by atoms with Crippen LogP contribution in [-0.2, 0) is 35.3 Å². The number of hydrogen-bond donors (Lipinski definition) is 1. The molecule has 3 N–H and O–H groups in total. The van der Waals surface area contributed by atoms with Gasteiger partial charge < -0.3 is 33.5 Å². The largest absolute Gasteiger partial charge is 1.00 e. The summed E-state index contributed by atoms with van der Waals surface area (Å²) in [6.45, 7) is -4.83. The van der Waals surface area contributed by atoms with Gasteiger partial charge in [-0.2, -0.15) is 17.6 Å². The SMILES string of the molecule is O=C(CF)OCCOc1c(F)c(F)c(F)c(F)c1F.O=C(O)CF.O=S(=O)([O-])F.O=S(=O)([O-])F.[Na+].[Na+].[OH2+]CCOc1c(F)c(F)c(F)c(F)c1F. The van der Waals surface area contributed by atoms with E-state index < -0.39 is 136 Å². The summed E-state index contributed by atoms with van der Waals surface area (Å²) >= 11 is 0. The number of ether oxygens (including phenoxy) is 3. The molecule has 0 amide bonds. The maximum absolute atomic E-state index is 13.0. The number of alkyl halides is 2. The second-order valence-electron chi connectivity index (χ2n) is 6.91. The Morgan fingerprint density at radius 2 is 0.804 bits per heavy atom. The number of aliphatic carboxylic acids is 1. The van der Waals surface area contributed by atoms with E-state index >= 15 is 0 Å². The van der Waals surface area contributed by atoms with Crippen LogP contribution in [0, 0.1) is 58.2 Å². The number of benzene rings is 2. The predicted octanol–water partition coefficient (Wildman–Crippen LogP) is -3.36. The number of rotatable bonds is 9.